The van der Waals surface area contributed by atoms with Crippen LogP contribution in [0.1, 0.15) is 58.3 Å². The SMILES string of the molecule is CCCCCCCCCCOc1ccc2c(O)c(O[C@@H]3O[C@H](CO)[C@@H](O)[C@H](O)[C@H]3O)c(=O)oc2c1. The first-order valence-corrected chi connectivity index (χ1v) is 12.3. The van der Waals surface area contributed by atoms with Gasteiger partial charge in [0.1, 0.15) is 35.7 Å². The largest absolute Gasteiger partial charge is 0.504 e. The normalized spacial score (nSPS) is 24.5. The fraction of sp³-hybridized carbons (Fsp3) is 0.640. The van der Waals surface area contributed by atoms with Crippen LogP contribution in [0.5, 0.6) is 17.2 Å². The maximum Gasteiger partial charge on any atom is 0.383 e. The van der Waals surface area contributed by atoms with E-state index in [2.05, 4.69) is 6.92 Å². The molecule has 196 valence electrons. The minimum Gasteiger partial charge on any atom is -0.504 e. The Morgan fingerprint density at radius 1 is 0.943 bits per heavy atom. The number of aliphatic hydroxyl groups excluding tert-OH is 4. The summed E-state index contributed by atoms with van der Waals surface area (Å²) in [7, 11) is 0. The Morgan fingerprint density at radius 3 is 2.31 bits per heavy atom. The number of hydrogen-bond acceptors (Lipinski definition) is 10. The van der Waals surface area contributed by atoms with Crippen molar-refractivity contribution >= 4 is 11.0 Å². The highest BCUT2D eigenvalue weighted by atomic mass is 16.7. The Kier molecular flexibility index (Phi) is 10.2. The molecule has 1 aliphatic rings. The van der Waals surface area contributed by atoms with E-state index in [4.69, 9.17) is 18.6 Å². The summed E-state index contributed by atoms with van der Waals surface area (Å²) < 4.78 is 21.6. The minimum absolute atomic E-state index is 0.0853. The third-order valence-electron chi connectivity index (χ3n) is 6.16. The Morgan fingerprint density at radius 2 is 1.63 bits per heavy atom. The summed E-state index contributed by atoms with van der Waals surface area (Å²) in [5.74, 6) is -0.678. The van der Waals surface area contributed by atoms with E-state index in [9.17, 15) is 30.3 Å². The topological polar surface area (TPSA) is 159 Å². The molecule has 3 rings (SSSR count). The zero-order chi connectivity index (χ0) is 25.4. The van der Waals surface area contributed by atoms with Gasteiger partial charge in [0, 0.05) is 6.07 Å². The van der Waals surface area contributed by atoms with Crippen LogP contribution in [0.25, 0.3) is 11.0 Å². The van der Waals surface area contributed by atoms with Gasteiger partial charge in [-0.05, 0) is 18.6 Å². The molecule has 0 aliphatic carbocycles. The Bertz CT molecular complexity index is 988. The third kappa shape index (κ3) is 6.86. The average Bonchev–Trinajstić information content (AvgIpc) is 2.85. The van der Waals surface area contributed by atoms with Gasteiger partial charge in [-0.3, -0.25) is 0 Å². The molecule has 1 aromatic carbocycles. The summed E-state index contributed by atoms with van der Waals surface area (Å²) in [4.78, 5) is 12.5. The molecule has 5 N–H and O–H groups in total. The van der Waals surface area contributed by atoms with Gasteiger partial charge in [-0.15, -0.1) is 0 Å². The summed E-state index contributed by atoms with van der Waals surface area (Å²) in [5, 5.41) is 50.0. The van der Waals surface area contributed by atoms with Gasteiger partial charge in [-0.25, -0.2) is 4.79 Å². The second kappa shape index (κ2) is 13.1. The number of aromatic hydroxyl groups is 1. The summed E-state index contributed by atoms with van der Waals surface area (Å²) in [6.07, 6.45) is 1.60. The lowest BCUT2D eigenvalue weighted by molar-refractivity contribution is -0.278. The number of rotatable bonds is 13. The molecule has 35 heavy (non-hydrogen) atoms. The van der Waals surface area contributed by atoms with Crippen LogP contribution >= 0.6 is 0 Å². The lowest BCUT2D eigenvalue weighted by atomic mass is 9.99. The van der Waals surface area contributed by atoms with Crippen molar-refractivity contribution in [3.63, 3.8) is 0 Å². The molecule has 10 heteroatoms. The molecular weight excluding hydrogens is 460 g/mol. The van der Waals surface area contributed by atoms with Crippen molar-refractivity contribution in [2.45, 2.75) is 89.0 Å². The molecule has 0 saturated carbocycles. The van der Waals surface area contributed by atoms with Crippen LogP contribution in [0.2, 0.25) is 0 Å². The molecule has 10 nitrogen and oxygen atoms in total. The van der Waals surface area contributed by atoms with E-state index >= 15 is 0 Å². The van der Waals surface area contributed by atoms with Crippen molar-refractivity contribution in [2.75, 3.05) is 13.2 Å². The highest BCUT2D eigenvalue weighted by Crippen LogP contribution is 2.35. The first kappa shape index (κ1) is 27.2. The van der Waals surface area contributed by atoms with Gasteiger partial charge >= 0.3 is 5.63 Å². The zero-order valence-electron chi connectivity index (χ0n) is 20.0. The van der Waals surface area contributed by atoms with E-state index < -0.39 is 54.4 Å². The molecule has 1 saturated heterocycles. The summed E-state index contributed by atoms with van der Waals surface area (Å²) in [6.45, 7) is 2.06. The molecule has 0 radical (unpaired) electrons. The van der Waals surface area contributed by atoms with E-state index in [0.29, 0.717) is 12.4 Å². The van der Waals surface area contributed by atoms with Crippen LogP contribution in [-0.4, -0.2) is 69.5 Å². The fourth-order valence-corrected chi connectivity index (χ4v) is 4.05. The number of fused-ring (bicyclic) bond motifs is 1. The quantitative estimate of drug-likeness (QED) is 0.205. The van der Waals surface area contributed by atoms with Crippen LogP contribution in [0.4, 0.5) is 0 Å². The van der Waals surface area contributed by atoms with E-state index in [1.165, 1.54) is 50.7 Å². The van der Waals surface area contributed by atoms with Crippen molar-refractivity contribution in [1.29, 1.82) is 0 Å². The van der Waals surface area contributed by atoms with Crippen molar-refractivity contribution in [2.24, 2.45) is 0 Å². The summed E-state index contributed by atoms with van der Waals surface area (Å²) in [6, 6.07) is 4.64. The maximum absolute atomic E-state index is 12.5. The van der Waals surface area contributed by atoms with Crippen molar-refractivity contribution in [1.82, 2.24) is 0 Å². The van der Waals surface area contributed by atoms with Gasteiger partial charge < -0.3 is 44.2 Å². The summed E-state index contributed by atoms with van der Waals surface area (Å²) >= 11 is 0. The fourth-order valence-electron chi connectivity index (χ4n) is 4.05. The van der Waals surface area contributed by atoms with Gasteiger partial charge in [0.25, 0.3) is 5.75 Å². The van der Waals surface area contributed by atoms with Crippen LogP contribution in [0.15, 0.2) is 27.4 Å². The molecule has 2 heterocycles. The number of ether oxygens (including phenoxy) is 3. The lowest BCUT2D eigenvalue weighted by Gasteiger charge is -2.39. The molecule has 0 unspecified atom stereocenters. The van der Waals surface area contributed by atoms with Crippen molar-refractivity contribution < 1.29 is 44.2 Å². The number of benzene rings is 1. The number of unbranched alkanes of at least 4 members (excludes halogenated alkanes) is 7. The standard InChI is InChI=1S/C25H36O10/c1-2-3-4-5-6-7-8-9-12-32-15-10-11-16-17(13-15)33-24(31)23(19(16)27)35-25-22(30)21(29)20(28)18(14-26)34-25/h10-11,13,18,20-22,25-30H,2-9,12,14H2,1H3/t18-,20-,21+,22-,25+/m1/s1. The smallest absolute Gasteiger partial charge is 0.383 e. The van der Waals surface area contributed by atoms with Gasteiger partial charge in [0.05, 0.1) is 18.6 Å². The van der Waals surface area contributed by atoms with E-state index in [-0.39, 0.29) is 11.0 Å². The van der Waals surface area contributed by atoms with Crippen LogP contribution in [-0.2, 0) is 4.74 Å². The van der Waals surface area contributed by atoms with Gasteiger partial charge in [0.15, 0.2) is 5.75 Å². The molecule has 1 fully saturated rings. The molecule has 2 aromatic rings. The summed E-state index contributed by atoms with van der Waals surface area (Å²) in [5.41, 5.74) is -0.950. The molecular formula is C25H36O10. The lowest BCUT2D eigenvalue weighted by Crippen LogP contribution is -2.60. The van der Waals surface area contributed by atoms with E-state index in [1.54, 1.807) is 6.07 Å². The number of aliphatic hydroxyl groups is 4. The van der Waals surface area contributed by atoms with Crippen molar-refractivity contribution in [3.8, 4) is 17.2 Å². The molecule has 0 bridgehead atoms. The first-order valence-electron chi connectivity index (χ1n) is 12.3. The number of hydrogen-bond donors (Lipinski definition) is 5. The minimum atomic E-state index is -1.74. The van der Waals surface area contributed by atoms with Crippen molar-refractivity contribution in [3.05, 3.63) is 28.6 Å². The van der Waals surface area contributed by atoms with Crippen LogP contribution in [0, 0.1) is 0 Å². The van der Waals surface area contributed by atoms with E-state index in [0.717, 1.165) is 12.8 Å². The molecule has 1 aromatic heterocycles. The second-order valence-electron chi connectivity index (χ2n) is 8.86. The highest BCUT2D eigenvalue weighted by Gasteiger charge is 2.45. The average molecular weight is 497 g/mol. The van der Waals surface area contributed by atoms with Gasteiger partial charge in [-0.1, -0.05) is 51.9 Å². The second-order valence-corrected chi connectivity index (χ2v) is 8.86. The maximum atomic E-state index is 12.5. The molecule has 1 aliphatic heterocycles. The predicted molar refractivity (Wildman–Crippen MR) is 127 cm³/mol. The third-order valence-corrected chi connectivity index (χ3v) is 6.16. The van der Waals surface area contributed by atoms with Gasteiger partial charge in [-0.2, -0.15) is 0 Å². The first-order chi connectivity index (χ1) is 16.9. The monoisotopic (exact) mass is 496 g/mol. The van der Waals surface area contributed by atoms with Crippen LogP contribution < -0.4 is 15.1 Å². The Hall–Kier alpha value is -2.37. The molecule has 5 atom stereocenters. The van der Waals surface area contributed by atoms with E-state index in [1.807, 2.05) is 0 Å². The van der Waals surface area contributed by atoms with Crippen LogP contribution in [0.3, 0.4) is 0 Å². The molecule has 0 spiro atoms. The molecule has 0 amide bonds. The van der Waals surface area contributed by atoms with Gasteiger partial charge in [0.2, 0.25) is 6.29 Å². The highest BCUT2D eigenvalue weighted by molar-refractivity contribution is 5.86. The predicted octanol–water partition coefficient (Wildman–Crippen LogP) is 2.20. The Balaban J connectivity index is 1.61. The zero-order valence-corrected chi connectivity index (χ0v) is 20.0. The Labute approximate surface area is 203 Å².